The van der Waals surface area contributed by atoms with E-state index in [1.807, 2.05) is 6.92 Å². The van der Waals surface area contributed by atoms with Crippen molar-refractivity contribution < 1.29 is 14.4 Å². The van der Waals surface area contributed by atoms with E-state index in [0.717, 1.165) is 0 Å². The summed E-state index contributed by atoms with van der Waals surface area (Å²) in [7, 11) is 1.48. The van der Waals surface area contributed by atoms with Crippen LogP contribution < -0.4 is 0 Å². The van der Waals surface area contributed by atoms with E-state index in [1.165, 1.54) is 7.11 Å². The lowest BCUT2D eigenvalue weighted by molar-refractivity contribution is -0.0748. The number of hydrogen-bond acceptors (Lipinski definition) is 3. The topological polar surface area (TPSA) is 52.5 Å². The van der Waals surface area contributed by atoms with Crippen LogP contribution in [0.5, 0.6) is 0 Å². The fourth-order valence-electron chi connectivity index (χ4n) is 0.167. The Morgan fingerprint density at radius 1 is 1.60 bits per heavy atom. The van der Waals surface area contributed by atoms with Gasteiger partial charge in [0.25, 0.3) is 0 Å². The molecule has 3 nitrogen and oxygen atoms in total. The van der Waals surface area contributed by atoms with E-state index in [2.05, 4.69) is 4.74 Å². The minimum atomic E-state index is -0.611. The summed E-state index contributed by atoms with van der Waals surface area (Å²) in [5.41, 5.74) is 0. The second-order valence-electron chi connectivity index (χ2n) is 1.84. The van der Waals surface area contributed by atoms with Crippen LogP contribution in [0.25, 0.3) is 0 Å². The van der Waals surface area contributed by atoms with Crippen molar-refractivity contribution in [1.29, 1.82) is 0 Å². The summed E-state index contributed by atoms with van der Waals surface area (Å²) in [5, 5.41) is 8.44. The van der Waals surface area contributed by atoms with Crippen LogP contribution in [0.15, 0.2) is 0 Å². The van der Waals surface area contributed by atoms with Crippen molar-refractivity contribution in [3.63, 3.8) is 0 Å². The molecule has 0 saturated carbocycles. The van der Waals surface area contributed by atoms with Crippen LogP contribution in [0.4, 0.5) is 0 Å². The highest BCUT2D eigenvalue weighted by Crippen LogP contribution is 1.85. The maximum atomic E-state index is 9.56. The second-order valence-corrected chi connectivity index (χ2v) is 3.32. The van der Waals surface area contributed by atoms with Crippen molar-refractivity contribution in [1.82, 2.24) is 0 Å². The van der Waals surface area contributed by atoms with E-state index in [-0.39, 0.29) is 0 Å². The van der Waals surface area contributed by atoms with E-state index in [0.29, 0.717) is 6.42 Å². The van der Waals surface area contributed by atoms with E-state index < -0.39 is 17.5 Å². The molecule has 1 atom stereocenters. The van der Waals surface area contributed by atoms with Gasteiger partial charge in [0.15, 0.2) is 6.29 Å². The zero-order valence-corrected chi connectivity index (χ0v) is 7.77. The van der Waals surface area contributed by atoms with Gasteiger partial charge in [-0.2, -0.15) is 0 Å². The first kappa shape index (κ1) is 12.9. The molecular weight excluding hydrogens is 152 g/mol. The Bertz CT molecular complexity index is 52.2. The number of rotatable bonds is 2. The molecule has 0 bridgehead atoms. The lowest BCUT2D eigenvalue weighted by Crippen LogP contribution is -2.05. The first-order valence-electron chi connectivity index (χ1n) is 3.00. The van der Waals surface area contributed by atoms with Gasteiger partial charge in [-0.15, -0.1) is 0 Å². The molecular formula is C6H16O3S. The molecule has 0 saturated heterocycles. The van der Waals surface area contributed by atoms with Crippen molar-refractivity contribution in [3.05, 3.63) is 0 Å². The highest BCUT2D eigenvalue weighted by Gasteiger charge is 1.90. The van der Waals surface area contributed by atoms with Crippen molar-refractivity contribution in [2.75, 3.05) is 19.6 Å². The smallest absolute Gasteiger partial charge is 0.153 e. The van der Waals surface area contributed by atoms with Gasteiger partial charge in [0.05, 0.1) is 12.5 Å². The first-order valence-corrected chi connectivity index (χ1v) is 4.97. The number of hydrogen-bond donors (Lipinski definition) is 1. The molecule has 1 N–H and O–H groups in total. The molecule has 0 radical (unpaired) electrons. The molecule has 0 aromatic carbocycles. The molecule has 0 amide bonds. The molecule has 10 heavy (non-hydrogen) atoms. The van der Waals surface area contributed by atoms with Gasteiger partial charge < -0.3 is 14.4 Å². The molecule has 0 heterocycles. The van der Waals surface area contributed by atoms with Crippen LogP contribution in [0, 0.1) is 0 Å². The lowest BCUT2D eigenvalue weighted by atomic mass is 10.5. The highest BCUT2D eigenvalue weighted by atomic mass is 32.2. The van der Waals surface area contributed by atoms with Crippen molar-refractivity contribution >= 4 is 11.2 Å². The van der Waals surface area contributed by atoms with E-state index in [9.17, 15) is 4.55 Å². The van der Waals surface area contributed by atoms with Gasteiger partial charge in [-0.3, -0.25) is 0 Å². The molecule has 1 unspecified atom stereocenters. The Labute approximate surface area is 65.6 Å². The van der Waals surface area contributed by atoms with Crippen molar-refractivity contribution in [3.8, 4) is 0 Å². The minimum absolute atomic E-state index is 0.565. The number of methoxy groups -OCH3 is 1. The van der Waals surface area contributed by atoms with Gasteiger partial charge in [0.2, 0.25) is 0 Å². The average molecular weight is 168 g/mol. The first-order chi connectivity index (χ1) is 4.54. The van der Waals surface area contributed by atoms with Crippen molar-refractivity contribution in [2.45, 2.75) is 19.6 Å². The molecule has 0 fully saturated rings. The van der Waals surface area contributed by atoms with Crippen molar-refractivity contribution in [2.24, 2.45) is 0 Å². The summed E-state index contributed by atoms with van der Waals surface area (Å²) >= 11 is -0.611. The normalized spacial score (nSPS) is 12.3. The SMILES string of the molecule is CCC(O)OC.C[S+](C)[O-]. The second kappa shape index (κ2) is 9.23. The third-order valence-corrected chi connectivity index (χ3v) is 0.621. The summed E-state index contributed by atoms with van der Waals surface area (Å²) in [6.45, 7) is 1.86. The third kappa shape index (κ3) is 24.0. The number of aliphatic hydroxyl groups excluding tert-OH is 1. The Morgan fingerprint density at radius 2 is 1.90 bits per heavy atom. The highest BCUT2D eigenvalue weighted by molar-refractivity contribution is 7.89. The third-order valence-electron chi connectivity index (χ3n) is 0.621. The van der Waals surface area contributed by atoms with E-state index >= 15 is 0 Å². The lowest BCUT2D eigenvalue weighted by Gasteiger charge is -2.00. The zero-order chi connectivity index (χ0) is 8.57. The van der Waals surface area contributed by atoms with Gasteiger partial charge in [0, 0.05) is 7.11 Å². The molecule has 0 aliphatic carbocycles. The van der Waals surface area contributed by atoms with Crippen LogP contribution in [-0.4, -0.2) is 35.6 Å². The Balaban J connectivity index is 0. The molecule has 0 aliphatic rings. The number of aliphatic hydroxyl groups is 1. The average Bonchev–Trinajstić information content (AvgIpc) is 1.85. The molecule has 0 aromatic heterocycles. The predicted molar refractivity (Wildman–Crippen MR) is 43.3 cm³/mol. The van der Waals surface area contributed by atoms with Crippen LogP contribution >= 0.6 is 0 Å². The Hall–Kier alpha value is 0.230. The van der Waals surface area contributed by atoms with Gasteiger partial charge in [-0.1, -0.05) is 18.1 Å². The van der Waals surface area contributed by atoms with Crippen LogP contribution in [0.3, 0.4) is 0 Å². The maximum absolute atomic E-state index is 9.56. The summed E-state index contributed by atoms with van der Waals surface area (Å²) in [5.74, 6) is 0. The van der Waals surface area contributed by atoms with Crippen LogP contribution in [0.2, 0.25) is 0 Å². The maximum Gasteiger partial charge on any atom is 0.153 e. The largest absolute Gasteiger partial charge is 0.617 e. The van der Waals surface area contributed by atoms with Gasteiger partial charge >= 0.3 is 0 Å². The molecule has 0 rings (SSSR count). The summed E-state index contributed by atoms with van der Waals surface area (Å²) in [4.78, 5) is 0. The van der Waals surface area contributed by atoms with E-state index in [4.69, 9.17) is 5.11 Å². The fraction of sp³-hybridized carbons (Fsp3) is 1.00. The molecule has 0 aromatic rings. The molecule has 4 heteroatoms. The monoisotopic (exact) mass is 168 g/mol. The molecule has 64 valence electrons. The minimum Gasteiger partial charge on any atom is -0.617 e. The Kier molecular flexibility index (Phi) is 11.9. The standard InChI is InChI=1S/C4H10O2.C2H6OS/c1-3-4(5)6-2;1-4(2)3/h4-5H,3H2,1-2H3;1-2H3. The van der Waals surface area contributed by atoms with Gasteiger partial charge in [-0.05, 0) is 6.42 Å². The van der Waals surface area contributed by atoms with Gasteiger partial charge in [0.1, 0.15) is 0 Å². The van der Waals surface area contributed by atoms with Crippen LogP contribution in [-0.2, 0) is 15.9 Å². The van der Waals surface area contributed by atoms with E-state index in [1.54, 1.807) is 12.5 Å². The summed E-state index contributed by atoms with van der Waals surface area (Å²) < 4.78 is 14.0. The quantitative estimate of drug-likeness (QED) is 0.478. The predicted octanol–water partition coefficient (Wildman–Crippen LogP) is 0.356. The number of ether oxygens (including phenoxy) is 1. The van der Waals surface area contributed by atoms with Gasteiger partial charge in [-0.25, -0.2) is 0 Å². The fourth-order valence-corrected chi connectivity index (χ4v) is 0.167. The summed E-state index contributed by atoms with van der Waals surface area (Å²) in [6, 6.07) is 0. The molecule has 0 aliphatic heterocycles. The van der Waals surface area contributed by atoms with Crippen LogP contribution in [0.1, 0.15) is 13.3 Å². The molecule has 0 spiro atoms. The Morgan fingerprint density at radius 3 is 1.90 bits per heavy atom. The zero-order valence-electron chi connectivity index (χ0n) is 6.96. The summed E-state index contributed by atoms with van der Waals surface area (Å²) in [6.07, 6.45) is 3.38.